The Morgan fingerprint density at radius 3 is 2.74 bits per heavy atom. The van der Waals surface area contributed by atoms with Crippen LogP contribution in [0.2, 0.25) is 0 Å². The van der Waals surface area contributed by atoms with Crippen molar-refractivity contribution in [3.05, 3.63) is 36.3 Å². The smallest absolute Gasteiger partial charge is 0.254 e. The lowest BCUT2D eigenvalue weighted by Gasteiger charge is -2.20. The van der Waals surface area contributed by atoms with E-state index >= 15 is 0 Å². The summed E-state index contributed by atoms with van der Waals surface area (Å²) >= 11 is 0. The van der Waals surface area contributed by atoms with Crippen molar-refractivity contribution in [2.24, 2.45) is 0 Å². The number of rotatable bonds is 4. The van der Waals surface area contributed by atoms with Gasteiger partial charge in [-0.05, 0) is 31.9 Å². The Balaban J connectivity index is 1.56. The quantitative estimate of drug-likeness (QED) is 0.763. The molecule has 0 aliphatic carbocycles. The SMILES string of the molecule is Cc1cc(NCC(=O)N2CCCCCC2)n2nc(-c3cccnc3)nc2n1. The van der Waals surface area contributed by atoms with Crippen LogP contribution >= 0.6 is 0 Å². The Morgan fingerprint density at radius 1 is 1.19 bits per heavy atom. The summed E-state index contributed by atoms with van der Waals surface area (Å²) in [6, 6.07) is 5.63. The van der Waals surface area contributed by atoms with Gasteiger partial charge in [0.1, 0.15) is 5.82 Å². The maximum Gasteiger partial charge on any atom is 0.254 e. The summed E-state index contributed by atoms with van der Waals surface area (Å²) in [7, 11) is 0. The summed E-state index contributed by atoms with van der Waals surface area (Å²) in [5.74, 6) is 1.89. The predicted molar refractivity (Wildman–Crippen MR) is 102 cm³/mol. The number of anilines is 1. The molecule has 3 aromatic rings. The monoisotopic (exact) mass is 365 g/mol. The molecule has 140 valence electrons. The molecule has 1 aliphatic heterocycles. The molecule has 0 saturated carbocycles. The molecule has 3 aromatic heterocycles. The van der Waals surface area contributed by atoms with E-state index in [1.807, 2.05) is 30.0 Å². The van der Waals surface area contributed by atoms with E-state index in [0.717, 1.165) is 37.2 Å². The van der Waals surface area contributed by atoms with Crippen molar-refractivity contribution in [2.75, 3.05) is 25.0 Å². The minimum absolute atomic E-state index is 0.118. The van der Waals surface area contributed by atoms with E-state index in [1.165, 1.54) is 12.8 Å². The maximum absolute atomic E-state index is 12.6. The van der Waals surface area contributed by atoms with Gasteiger partial charge >= 0.3 is 0 Å². The number of nitrogens with one attached hydrogen (secondary N) is 1. The largest absolute Gasteiger partial charge is 0.361 e. The highest BCUT2D eigenvalue weighted by atomic mass is 16.2. The fraction of sp³-hybridized carbons (Fsp3) is 0.421. The molecule has 4 rings (SSSR count). The van der Waals surface area contributed by atoms with Gasteiger partial charge in [0.2, 0.25) is 5.91 Å². The molecule has 8 heteroatoms. The average molecular weight is 365 g/mol. The van der Waals surface area contributed by atoms with Crippen molar-refractivity contribution in [1.29, 1.82) is 0 Å². The first kappa shape index (κ1) is 17.4. The van der Waals surface area contributed by atoms with E-state index in [4.69, 9.17) is 0 Å². The van der Waals surface area contributed by atoms with Crippen molar-refractivity contribution in [3.8, 4) is 11.4 Å². The van der Waals surface area contributed by atoms with Crippen LogP contribution in [0.25, 0.3) is 17.2 Å². The van der Waals surface area contributed by atoms with Crippen molar-refractivity contribution >= 4 is 17.5 Å². The third-order valence-electron chi connectivity index (χ3n) is 4.74. The van der Waals surface area contributed by atoms with Gasteiger partial charge in [-0.25, -0.2) is 4.98 Å². The van der Waals surface area contributed by atoms with Crippen LogP contribution < -0.4 is 5.32 Å². The number of likely N-dealkylation sites (tertiary alicyclic amines) is 1. The zero-order valence-electron chi connectivity index (χ0n) is 15.4. The third kappa shape index (κ3) is 3.89. The number of carbonyl (C=O) groups is 1. The van der Waals surface area contributed by atoms with Crippen molar-refractivity contribution in [2.45, 2.75) is 32.6 Å². The fourth-order valence-electron chi connectivity index (χ4n) is 3.33. The Labute approximate surface area is 157 Å². The van der Waals surface area contributed by atoms with Gasteiger partial charge in [0, 0.05) is 42.8 Å². The van der Waals surface area contributed by atoms with Gasteiger partial charge in [-0.1, -0.05) is 12.8 Å². The van der Waals surface area contributed by atoms with Crippen LogP contribution in [0, 0.1) is 6.92 Å². The number of hydrogen-bond acceptors (Lipinski definition) is 6. The number of amides is 1. The first-order chi connectivity index (χ1) is 13.2. The van der Waals surface area contributed by atoms with Crippen molar-refractivity contribution < 1.29 is 4.79 Å². The lowest BCUT2D eigenvalue weighted by Crippen LogP contribution is -2.36. The summed E-state index contributed by atoms with van der Waals surface area (Å²) < 4.78 is 1.64. The Hall–Kier alpha value is -3.03. The summed E-state index contributed by atoms with van der Waals surface area (Å²) in [5, 5.41) is 7.77. The molecule has 0 spiro atoms. The van der Waals surface area contributed by atoms with Gasteiger partial charge in [-0.2, -0.15) is 9.50 Å². The lowest BCUT2D eigenvalue weighted by atomic mass is 10.2. The number of aromatic nitrogens is 5. The Bertz CT molecular complexity index is 930. The minimum Gasteiger partial charge on any atom is -0.361 e. The van der Waals surface area contributed by atoms with Gasteiger partial charge in [0.05, 0.1) is 6.54 Å². The summed E-state index contributed by atoms with van der Waals surface area (Å²) in [5.41, 5.74) is 1.64. The predicted octanol–water partition coefficient (Wildman–Crippen LogP) is 2.31. The lowest BCUT2D eigenvalue weighted by molar-refractivity contribution is -0.129. The molecule has 8 nitrogen and oxygen atoms in total. The van der Waals surface area contributed by atoms with E-state index in [-0.39, 0.29) is 12.5 Å². The van der Waals surface area contributed by atoms with Crippen LogP contribution in [-0.4, -0.2) is 55.0 Å². The van der Waals surface area contributed by atoms with Crippen LogP contribution in [0.4, 0.5) is 5.82 Å². The number of aryl methyl sites for hydroxylation is 1. The van der Waals surface area contributed by atoms with E-state index < -0.39 is 0 Å². The summed E-state index contributed by atoms with van der Waals surface area (Å²) in [6.45, 7) is 3.83. The molecular formula is C19H23N7O. The molecule has 27 heavy (non-hydrogen) atoms. The van der Waals surface area contributed by atoms with E-state index in [1.54, 1.807) is 16.9 Å². The Morgan fingerprint density at radius 2 is 2.00 bits per heavy atom. The molecule has 0 radical (unpaired) electrons. The Kier molecular flexibility index (Phi) is 4.95. The highest BCUT2D eigenvalue weighted by Crippen LogP contribution is 2.18. The molecule has 1 fully saturated rings. The van der Waals surface area contributed by atoms with Crippen LogP contribution in [0.1, 0.15) is 31.4 Å². The minimum atomic E-state index is 0.118. The first-order valence-corrected chi connectivity index (χ1v) is 9.37. The molecule has 1 amide bonds. The van der Waals surface area contributed by atoms with E-state index in [9.17, 15) is 4.79 Å². The fourth-order valence-corrected chi connectivity index (χ4v) is 3.33. The van der Waals surface area contributed by atoms with E-state index in [2.05, 4.69) is 25.4 Å². The van der Waals surface area contributed by atoms with Crippen molar-refractivity contribution in [1.82, 2.24) is 29.5 Å². The number of hydrogen-bond donors (Lipinski definition) is 1. The molecule has 0 atom stereocenters. The summed E-state index contributed by atoms with van der Waals surface area (Å²) in [4.78, 5) is 27.6. The van der Waals surface area contributed by atoms with Crippen LogP contribution in [0.15, 0.2) is 30.6 Å². The topological polar surface area (TPSA) is 88.3 Å². The second-order valence-electron chi connectivity index (χ2n) is 6.82. The molecule has 0 unspecified atom stereocenters. The number of pyridine rings is 1. The highest BCUT2D eigenvalue weighted by Gasteiger charge is 2.17. The zero-order valence-corrected chi connectivity index (χ0v) is 15.4. The van der Waals surface area contributed by atoms with E-state index in [0.29, 0.717) is 17.4 Å². The number of fused-ring (bicyclic) bond motifs is 1. The summed E-state index contributed by atoms with van der Waals surface area (Å²) in [6.07, 6.45) is 8.01. The highest BCUT2D eigenvalue weighted by molar-refractivity contribution is 5.80. The third-order valence-corrected chi connectivity index (χ3v) is 4.74. The maximum atomic E-state index is 12.6. The second kappa shape index (κ2) is 7.69. The van der Waals surface area contributed by atoms with Gasteiger partial charge in [-0.3, -0.25) is 9.78 Å². The van der Waals surface area contributed by atoms with Gasteiger partial charge in [-0.15, -0.1) is 5.10 Å². The number of carbonyl (C=O) groups excluding carboxylic acids is 1. The standard InChI is InChI=1S/C19H23N7O/c1-14-11-16(21-13-17(27)25-9-4-2-3-5-10-25)26-19(22-14)23-18(24-26)15-7-6-8-20-12-15/h6-8,11-12,21H,2-5,9-10,13H2,1H3. The molecule has 1 saturated heterocycles. The van der Waals surface area contributed by atoms with Gasteiger partial charge < -0.3 is 10.2 Å². The van der Waals surface area contributed by atoms with Gasteiger partial charge in [0.15, 0.2) is 5.82 Å². The second-order valence-corrected chi connectivity index (χ2v) is 6.82. The molecular weight excluding hydrogens is 342 g/mol. The molecule has 1 aliphatic rings. The molecule has 0 bridgehead atoms. The number of nitrogens with zero attached hydrogens (tertiary/aromatic N) is 6. The zero-order chi connectivity index (χ0) is 18.6. The van der Waals surface area contributed by atoms with Crippen molar-refractivity contribution in [3.63, 3.8) is 0 Å². The molecule has 4 heterocycles. The normalized spacial score (nSPS) is 14.9. The molecule has 1 N–H and O–H groups in total. The van der Waals surface area contributed by atoms with Crippen LogP contribution in [-0.2, 0) is 4.79 Å². The average Bonchev–Trinajstić information content (AvgIpc) is 2.92. The van der Waals surface area contributed by atoms with Gasteiger partial charge in [0.25, 0.3) is 5.78 Å². The first-order valence-electron chi connectivity index (χ1n) is 9.37. The van der Waals surface area contributed by atoms with Crippen LogP contribution in [0.5, 0.6) is 0 Å². The van der Waals surface area contributed by atoms with Crippen LogP contribution in [0.3, 0.4) is 0 Å². The molecule has 0 aromatic carbocycles.